The van der Waals surface area contributed by atoms with Gasteiger partial charge < -0.3 is 19.2 Å². The SMILES string of the molecule is Cc1oc(-c2ccccc2)nc1CC(=O)Nc1cccn(CC(=O)N(C)C)c1=O. The predicted molar refractivity (Wildman–Crippen MR) is 108 cm³/mol. The quantitative estimate of drug-likeness (QED) is 0.690. The molecule has 0 aliphatic carbocycles. The van der Waals surface area contributed by atoms with Gasteiger partial charge in [-0.05, 0) is 31.2 Å². The Labute approximate surface area is 167 Å². The van der Waals surface area contributed by atoms with Gasteiger partial charge in [0.1, 0.15) is 18.0 Å². The van der Waals surface area contributed by atoms with Crippen molar-refractivity contribution in [2.75, 3.05) is 19.4 Å². The summed E-state index contributed by atoms with van der Waals surface area (Å²) in [5.41, 5.74) is 0.977. The summed E-state index contributed by atoms with van der Waals surface area (Å²) in [5, 5.41) is 2.60. The van der Waals surface area contributed by atoms with E-state index in [1.807, 2.05) is 30.3 Å². The van der Waals surface area contributed by atoms with Crippen LogP contribution in [0.5, 0.6) is 0 Å². The zero-order chi connectivity index (χ0) is 21.0. The predicted octanol–water partition coefficient (Wildman–Crippen LogP) is 2.08. The van der Waals surface area contributed by atoms with Crippen LogP contribution in [-0.4, -0.2) is 40.4 Å². The molecule has 29 heavy (non-hydrogen) atoms. The third kappa shape index (κ3) is 4.78. The molecular formula is C21H22N4O4. The maximum absolute atomic E-state index is 12.5. The van der Waals surface area contributed by atoms with Gasteiger partial charge in [-0.25, -0.2) is 4.98 Å². The number of rotatable bonds is 6. The highest BCUT2D eigenvalue weighted by Crippen LogP contribution is 2.21. The van der Waals surface area contributed by atoms with Gasteiger partial charge in [-0.3, -0.25) is 14.4 Å². The van der Waals surface area contributed by atoms with Gasteiger partial charge in [0.2, 0.25) is 17.7 Å². The van der Waals surface area contributed by atoms with E-state index in [1.165, 1.54) is 21.7 Å². The average molecular weight is 394 g/mol. The Morgan fingerprint density at radius 2 is 1.86 bits per heavy atom. The first-order valence-corrected chi connectivity index (χ1v) is 9.06. The van der Waals surface area contributed by atoms with Crippen LogP contribution in [0.1, 0.15) is 11.5 Å². The number of hydrogen-bond acceptors (Lipinski definition) is 5. The number of benzene rings is 1. The molecule has 0 spiro atoms. The highest BCUT2D eigenvalue weighted by atomic mass is 16.4. The van der Waals surface area contributed by atoms with Crippen molar-refractivity contribution in [3.63, 3.8) is 0 Å². The first kappa shape index (κ1) is 20.1. The van der Waals surface area contributed by atoms with E-state index in [0.29, 0.717) is 17.3 Å². The molecule has 2 amide bonds. The van der Waals surface area contributed by atoms with Gasteiger partial charge in [-0.1, -0.05) is 18.2 Å². The van der Waals surface area contributed by atoms with E-state index in [1.54, 1.807) is 27.1 Å². The molecule has 0 aliphatic heterocycles. The van der Waals surface area contributed by atoms with Crippen LogP contribution >= 0.6 is 0 Å². The van der Waals surface area contributed by atoms with E-state index < -0.39 is 11.5 Å². The maximum Gasteiger partial charge on any atom is 0.274 e. The number of oxazole rings is 1. The summed E-state index contributed by atoms with van der Waals surface area (Å²) >= 11 is 0. The molecular weight excluding hydrogens is 372 g/mol. The van der Waals surface area contributed by atoms with Gasteiger partial charge in [-0.2, -0.15) is 0 Å². The molecule has 1 N–H and O–H groups in total. The number of carbonyl (C=O) groups excluding carboxylic acids is 2. The Balaban J connectivity index is 1.73. The Bertz CT molecular complexity index is 1080. The summed E-state index contributed by atoms with van der Waals surface area (Å²) in [6.45, 7) is 1.64. The van der Waals surface area contributed by atoms with Crippen LogP contribution in [0.15, 0.2) is 57.9 Å². The molecule has 2 aromatic heterocycles. The Morgan fingerprint density at radius 1 is 1.14 bits per heavy atom. The lowest BCUT2D eigenvalue weighted by Crippen LogP contribution is -2.33. The number of aromatic nitrogens is 2. The number of likely N-dealkylation sites (N-methyl/N-ethyl adjacent to an activating group) is 1. The number of carbonyl (C=O) groups is 2. The third-order valence-corrected chi connectivity index (χ3v) is 4.34. The van der Waals surface area contributed by atoms with E-state index in [-0.39, 0.29) is 24.6 Å². The van der Waals surface area contributed by atoms with E-state index in [9.17, 15) is 14.4 Å². The highest BCUT2D eigenvalue weighted by Gasteiger charge is 2.16. The summed E-state index contributed by atoms with van der Waals surface area (Å²) in [4.78, 5) is 42.6. The van der Waals surface area contributed by atoms with Crippen molar-refractivity contribution in [3.05, 3.63) is 70.5 Å². The fourth-order valence-electron chi connectivity index (χ4n) is 2.69. The zero-order valence-corrected chi connectivity index (χ0v) is 16.5. The molecule has 150 valence electrons. The molecule has 0 radical (unpaired) electrons. The molecule has 0 fully saturated rings. The summed E-state index contributed by atoms with van der Waals surface area (Å²) < 4.78 is 6.92. The van der Waals surface area contributed by atoms with Crippen molar-refractivity contribution in [3.8, 4) is 11.5 Å². The van der Waals surface area contributed by atoms with Gasteiger partial charge in [0.05, 0.1) is 12.1 Å². The Kier molecular flexibility index (Phi) is 5.92. The van der Waals surface area contributed by atoms with Crippen LogP contribution in [0, 0.1) is 6.92 Å². The summed E-state index contributed by atoms with van der Waals surface area (Å²) in [6, 6.07) is 12.5. The second kappa shape index (κ2) is 8.55. The van der Waals surface area contributed by atoms with Crippen LogP contribution in [0.25, 0.3) is 11.5 Å². The van der Waals surface area contributed by atoms with Crippen molar-refractivity contribution in [1.29, 1.82) is 0 Å². The molecule has 0 unspecified atom stereocenters. The summed E-state index contributed by atoms with van der Waals surface area (Å²) in [7, 11) is 3.23. The van der Waals surface area contributed by atoms with Gasteiger partial charge in [0.15, 0.2) is 0 Å². The van der Waals surface area contributed by atoms with Gasteiger partial charge in [0, 0.05) is 25.9 Å². The molecule has 0 aliphatic rings. The lowest BCUT2D eigenvalue weighted by molar-refractivity contribution is -0.129. The van der Waals surface area contributed by atoms with Crippen LogP contribution in [0.2, 0.25) is 0 Å². The number of pyridine rings is 1. The summed E-state index contributed by atoms with van der Waals surface area (Å²) in [5.74, 6) is 0.369. The van der Waals surface area contributed by atoms with Gasteiger partial charge >= 0.3 is 0 Å². The molecule has 0 saturated carbocycles. The van der Waals surface area contributed by atoms with Crippen LogP contribution < -0.4 is 10.9 Å². The van der Waals surface area contributed by atoms with Crippen LogP contribution in [0.3, 0.4) is 0 Å². The minimum absolute atomic E-state index is 0.0346. The van der Waals surface area contributed by atoms with Crippen LogP contribution in [0.4, 0.5) is 5.69 Å². The number of nitrogens with one attached hydrogen (secondary N) is 1. The molecule has 3 rings (SSSR count). The lowest BCUT2D eigenvalue weighted by Gasteiger charge is -2.12. The molecule has 8 nitrogen and oxygen atoms in total. The largest absolute Gasteiger partial charge is 0.441 e. The monoisotopic (exact) mass is 394 g/mol. The molecule has 2 heterocycles. The van der Waals surface area contributed by atoms with Crippen molar-refractivity contribution in [1.82, 2.24) is 14.5 Å². The zero-order valence-electron chi connectivity index (χ0n) is 16.5. The molecule has 1 aromatic carbocycles. The van der Waals surface area contributed by atoms with Gasteiger partial charge in [-0.15, -0.1) is 0 Å². The molecule has 3 aromatic rings. The molecule has 0 bridgehead atoms. The first-order valence-electron chi connectivity index (χ1n) is 9.06. The second-order valence-corrected chi connectivity index (χ2v) is 6.76. The standard InChI is InChI=1S/C21H22N4O4/c1-14-17(23-20(29-14)15-8-5-4-6-9-15)12-18(26)22-16-10-7-11-25(21(16)28)13-19(27)24(2)3/h4-11H,12-13H2,1-3H3,(H,22,26). The number of amides is 2. The summed E-state index contributed by atoms with van der Waals surface area (Å²) in [6.07, 6.45) is 1.47. The van der Waals surface area contributed by atoms with Crippen LogP contribution in [-0.2, 0) is 22.6 Å². The molecule has 0 saturated heterocycles. The smallest absolute Gasteiger partial charge is 0.274 e. The topological polar surface area (TPSA) is 97.4 Å². The van der Waals surface area contributed by atoms with Gasteiger partial charge in [0.25, 0.3) is 5.56 Å². The van der Waals surface area contributed by atoms with Crippen molar-refractivity contribution >= 4 is 17.5 Å². The average Bonchev–Trinajstić information content (AvgIpc) is 3.06. The number of anilines is 1. The normalized spacial score (nSPS) is 10.6. The number of aryl methyl sites for hydroxylation is 1. The second-order valence-electron chi connectivity index (χ2n) is 6.76. The minimum atomic E-state index is -0.446. The molecule has 0 atom stereocenters. The van der Waals surface area contributed by atoms with E-state index in [4.69, 9.17) is 4.42 Å². The number of nitrogens with zero attached hydrogens (tertiary/aromatic N) is 3. The van der Waals surface area contributed by atoms with Crippen molar-refractivity contribution in [2.45, 2.75) is 19.9 Å². The Hall–Kier alpha value is -3.68. The lowest BCUT2D eigenvalue weighted by atomic mass is 10.2. The van der Waals surface area contributed by atoms with Crippen molar-refractivity contribution < 1.29 is 14.0 Å². The maximum atomic E-state index is 12.5. The third-order valence-electron chi connectivity index (χ3n) is 4.34. The Morgan fingerprint density at radius 3 is 2.55 bits per heavy atom. The number of hydrogen-bond donors (Lipinski definition) is 1. The highest BCUT2D eigenvalue weighted by molar-refractivity contribution is 5.92. The minimum Gasteiger partial charge on any atom is -0.441 e. The first-order chi connectivity index (χ1) is 13.8. The van der Waals surface area contributed by atoms with E-state index in [2.05, 4.69) is 10.3 Å². The fourth-order valence-corrected chi connectivity index (χ4v) is 2.69. The van der Waals surface area contributed by atoms with Crippen molar-refractivity contribution in [2.24, 2.45) is 0 Å². The fraction of sp³-hybridized carbons (Fsp3) is 0.238. The van der Waals surface area contributed by atoms with E-state index in [0.717, 1.165) is 5.56 Å². The molecule has 8 heteroatoms. The van der Waals surface area contributed by atoms with E-state index >= 15 is 0 Å².